The molecule has 0 fully saturated rings. The molecule has 0 aliphatic carbocycles. The Hall–Kier alpha value is -1.26. The normalized spacial score (nSPS) is 10.1. The van der Waals surface area contributed by atoms with Crippen LogP contribution in [0.2, 0.25) is 5.02 Å². The molecule has 0 amide bonds. The highest BCUT2D eigenvalue weighted by molar-refractivity contribution is 6.32. The lowest BCUT2D eigenvalue weighted by Crippen LogP contribution is -1.76. The summed E-state index contributed by atoms with van der Waals surface area (Å²) in [6.45, 7) is 1.98. The summed E-state index contributed by atoms with van der Waals surface area (Å²) in [6, 6.07) is 7.65. The van der Waals surface area contributed by atoms with Gasteiger partial charge in [0.2, 0.25) is 0 Å². The zero-order valence-corrected chi connectivity index (χ0v) is 7.47. The van der Waals surface area contributed by atoms with Crippen molar-refractivity contribution in [3.8, 4) is 6.07 Å². The molecule has 0 aliphatic heterocycles. The molecule has 0 N–H and O–H groups in total. The second kappa shape index (κ2) is 3.94. The topological polar surface area (TPSA) is 23.8 Å². The Balaban J connectivity index is 3.03. The van der Waals surface area contributed by atoms with Crippen LogP contribution in [0.4, 0.5) is 0 Å². The van der Waals surface area contributed by atoms with Gasteiger partial charge in [-0.1, -0.05) is 23.7 Å². The highest BCUT2D eigenvalue weighted by Gasteiger charge is 1.94. The van der Waals surface area contributed by atoms with Crippen molar-refractivity contribution in [1.29, 1.82) is 5.26 Å². The Morgan fingerprint density at radius 2 is 2.25 bits per heavy atom. The lowest BCUT2D eigenvalue weighted by molar-refractivity contribution is 1.46. The number of rotatable bonds is 1. The molecule has 0 saturated carbocycles. The molecule has 1 aromatic carbocycles. The zero-order chi connectivity index (χ0) is 8.97. The van der Waals surface area contributed by atoms with Crippen LogP contribution in [0.15, 0.2) is 24.3 Å². The van der Waals surface area contributed by atoms with Crippen molar-refractivity contribution < 1.29 is 0 Å². The summed E-state index contributed by atoms with van der Waals surface area (Å²) >= 11 is 5.90. The van der Waals surface area contributed by atoms with E-state index in [4.69, 9.17) is 16.9 Å². The Labute approximate surface area is 76.9 Å². The van der Waals surface area contributed by atoms with Crippen molar-refractivity contribution in [3.05, 3.63) is 40.4 Å². The maximum atomic E-state index is 8.29. The summed E-state index contributed by atoms with van der Waals surface area (Å²) < 4.78 is 0. The summed E-state index contributed by atoms with van der Waals surface area (Å²) in [5, 5.41) is 8.98. The van der Waals surface area contributed by atoms with Gasteiger partial charge in [0.25, 0.3) is 0 Å². The fraction of sp³-hybridized carbons (Fsp3) is 0.100. The molecule has 1 rings (SSSR count). The van der Waals surface area contributed by atoms with E-state index in [9.17, 15) is 0 Å². The maximum Gasteiger partial charge on any atom is 0.0912 e. The molecular formula is C10H8ClN. The lowest BCUT2D eigenvalue weighted by atomic mass is 10.1. The van der Waals surface area contributed by atoms with Gasteiger partial charge in [-0.25, -0.2) is 0 Å². The van der Waals surface area contributed by atoms with Crippen LogP contribution >= 0.6 is 11.6 Å². The second-order valence-corrected chi connectivity index (χ2v) is 2.89. The van der Waals surface area contributed by atoms with E-state index in [-0.39, 0.29) is 0 Å². The van der Waals surface area contributed by atoms with Crippen LogP contribution in [0.1, 0.15) is 11.1 Å². The molecule has 0 spiro atoms. The average molecular weight is 178 g/mol. The third-order valence-corrected chi connectivity index (χ3v) is 1.82. The minimum atomic E-state index is 0.682. The molecule has 0 atom stereocenters. The molecule has 0 heterocycles. The Bertz CT molecular complexity index is 347. The average Bonchev–Trinajstić information content (AvgIpc) is 2.03. The second-order valence-electron chi connectivity index (χ2n) is 2.49. The molecule has 0 aromatic heterocycles. The third kappa shape index (κ3) is 2.11. The molecule has 2 heteroatoms. The first-order chi connectivity index (χ1) is 5.74. The number of allylic oxidation sites excluding steroid dienone is 1. The Morgan fingerprint density at radius 1 is 1.50 bits per heavy atom. The standard InChI is InChI=1S/C10H8ClN/c1-8-4-5-9(3-2-6-12)10(11)7-8/h2-5,7H,1H3. The highest BCUT2D eigenvalue weighted by atomic mass is 35.5. The molecule has 0 unspecified atom stereocenters. The fourth-order valence-corrected chi connectivity index (χ4v) is 1.19. The number of nitrogens with zero attached hydrogens (tertiary/aromatic N) is 1. The molecule has 0 bridgehead atoms. The van der Waals surface area contributed by atoms with E-state index in [1.54, 1.807) is 6.08 Å². The summed E-state index contributed by atoms with van der Waals surface area (Å²) in [5.41, 5.74) is 2.00. The fourth-order valence-electron chi connectivity index (χ4n) is 0.894. The van der Waals surface area contributed by atoms with Crippen molar-refractivity contribution in [2.24, 2.45) is 0 Å². The van der Waals surface area contributed by atoms with Crippen LogP contribution in [-0.2, 0) is 0 Å². The van der Waals surface area contributed by atoms with Crippen molar-refractivity contribution in [3.63, 3.8) is 0 Å². The van der Waals surface area contributed by atoms with Crippen LogP contribution in [0.5, 0.6) is 0 Å². The first-order valence-corrected chi connectivity index (χ1v) is 3.94. The summed E-state index contributed by atoms with van der Waals surface area (Å²) in [7, 11) is 0. The van der Waals surface area contributed by atoms with Crippen molar-refractivity contribution >= 4 is 17.7 Å². The van der Waals surface area contributed by atoms with Gasteiger partial charge in [-0.2, -0.15) is 5.26 Å². The Morgan fingerprint density at radius 3 is 2.83 bits per heavy atom. The van der Waals surface area contributed by atoms with Gasteiger partial charge in [-0.15, -0.1) is 0 Å². The van der Waals surface area contributed by atoms with E-state index < -0.39 is 0 Å². The molecule has 0 saturated heterocycles. The number of nitriles is 1. The van der Waals surface area contributed by atoms with Gasteiger partial charge >= 0.3 is 0 Å². The van der Waals surface area contributed by atoms with E-state index in [1.807, 2.05) is 31.2 Å². The Kier molecular flexibility index (Phi) is 2.90. The SMILES string of the molecule is Cc1ccc(C=CC#N)c(Cl)c1. The van der Waals surface area contributed by atoms with Crippen molar-refractivity contribution in [2.75, 3.05) is 0 Å². The van der Waals surface area contributed by atoms with E-state index in [0.717, 1.165) is 11.1 Å². The molecule has 60 valence electrons. The lowest BCUT2D eigenvalue weighted by Gasteiger charge is -1.97. The minimum Gasteiger partial charge on any atom is -0.193 e. The predicted octanol–water partition coefficient (Wildman–Crippen LogP) is 3.19. The van der Waals surface area contributed by atoms with Gasteiger partial charge in [0.15, 0.2) is 0 Å². The number of hydrogen-bond acceptors (Lipinski definition) is 1. The van der Waals surface area contributed by atoms with Crippen molar-refractivity contribution in [2.45, 2.75) is 6.92 Å². The van der Waals surface area contributed by atoms with E-state index in [0.29, 0.717) is 5.02 Å². The highest BCUT2D eigenvalue weighted by Crippen LogP contribution is 2.18. The van der Waals surface area contributed by atoms with Crippen LogP contribution in [0.3, 0.4) is 0 Å². The summed E-state index contributed by atoms with van der Waals surface area (Å²) in [6.07, 6.45) is 3.11. The van der Waals surface area contributed by atoms with Gasteiger partial charge in [0.1, 0.15) is 0 Å². The quantitative estimate of drug-likeness (QED) is 0.605. The molecule has 1 nitrogen and oxygen atoms in total. The zero-order valence-electron chi connectivity index (χ0n) is 6.71. The van der Waals surface area contributed by atoms with E-state index in [2.05, 4.69) is 0 Å². The number of hydrogen-bond donors (Lipinski definition) is 0. The summed E-state index contributed by atoms with van der Waals surface area (Å²) in [4.78, 5) is 0. The van der Waals surface area contributed by atoms with E-state index in [1.165, 1.54) is 6.08 Å². The van der Waals surface area contributed by atoms with Gasteiger partial charge in [-0.05, 0) is 30.2 Å². The smallest absolute Gasteiger partial charge is 0.0912 e. The van der Waals surface area contributed by atoms with Crippen LogP contribution < -0.4 is 0 Å². The number of halogens is 1. The predicted molar refractivity (Wildman–Crippen MR) is 50.8 cm³/mol. The van der Waals surface area contributed by atoms with Gasteiger partial charge in [-0.3, -0.25) is 0 Å². The monoisotopic (exact) mass is 177 g/mol. The van der Waals surface area contributed by atoms with Crippen LogP contribution in [-0.4, -0.2) is 0 Å². The molecule has 12 heavy (non-hydrogen) atoms. The molecule has 1 aromatic rings. The molecule has 0 aliphatic rings. The van der Waals surface area contributed by atoms with Crippen LogP contribution in [0.25, 0.3) is 6.08 Å². The van der Waals surface area contributed by atoms with E-state index >= 15 is 0 Å². The summed E-state index contributed by atoms with van der Waals surface area (Å²) in [5.74, 6) is 0. The minimum absolute atomic E-state index is 0.682. The number of benzene rings is 1. The molecule has 0 radical (unpaired) electrons. The first-order valence-electron chi connectivity index (χ1n) is 3.56. The van der Waals surface area contributed by atoms with Crippen LogP contribution in [0, 0.1) is 18.3 Å². The third-order valence-electron chi connectivity index (χ3n) is 1.49. The first kappa shape index (κ1) is 8.83. The van der Waals surface area contributed by atoms with Crippen molar-refractivity contribution in [1.82, 2.24) is 0 Å². The van der Waals surface area contributed by atoms with Gasteiger partial charge in [0.05, 0.1) is 6.07 Å². The maximum absolute atomic E-state index is 8.29. The largest absolute Gasteiger partial charge is 0.193 e. The van der Waals surface area contributed by atoms with Gasteiger partial charge in [0, 0.05) is 11.1 Å². The van der Waals surface area contributed by atoms with Gasteiger partial charge < -0.3 is 0 Å². The number of aryl methyl sites for hydroxylation is 1. The molecular weight excluding hydrogens is 170 g/mol.